The van der Waals surface area contributed by atoms with Crippen molar-refractivity contribution < 1.29 is 0 Å². The van der Waals surface area contributed by atoms with E-state index in [1.165, 1.54) is 0 Å². The summed E-state index contributed by atoms with van der Waals surface area (Å²) < 4.78 is 1.71. The lowest BCUT2D eigenvalue weighted by Crippen LogP contribution is -1.95. The van der Waals surface area contributed by atoms with Crippen molar-refractivity contribution in [2.24, 2.45) is 7.05 Å². The standard InChI is InChI=1S/C8H9ClN4/c1-4-6-7(9)10-5(2)11-8(6)13(3)12-4/h1-3H3. The van der Waals surface area contributed by atoms with Crippen LogP contribution in [0.15, 0.2) is 0 Å². The largest absolute Gasteiger partial charge is 0.250 e. The fourth-order valence-electron chi connectivity index (χ4n) is 1.39. The summed E-state index contributed by atoms with van der Waals surface area (Å²) in [7, 11) is 1.85. The zero-order valence-electron chi connectivity index (χ0n) is 7.67. The monoisotopic (exact) mass is 196 g/mol. The van der Waals surface area contributed by atoms with Crippen LogP contribution in [0.4, 0.5) is 0 Å². The number of fused-ring (bicyclic) bond motifs is 1. The number of nitrogens with zero attached hydrogens (tertiary/aromatic N) is 4. The van der Waals surface area contributed by atoms with Gasteiger partial charge in [-0.15, -0.1) is 0 Å². The molecule has 4 nitrogen and oxygen atoms in total. The highest BCUT2D eigenvalue weighted by molar-refractivity contribution is 6.34. The van der Waals surface area contributed by atoms with Crippen molar-refractivity contribution in [2.75, 3.05) is 0 Å². The first kappa shape index (κ1) is 8.44. The highest BCUT2D eigenvalue weighted by atomic mass is 35.5. The van der Waals surface area contributed by atoms with Crippen molar-refractivity contribution >= 4 is 22.6 Å². The maximum absolute atomic E-state index is 5.98. The van der Waals surface area contributed by atoms with Gasteiger partial charge in [0.15, 0.2) is 5.65 Å². The van der Waals surface area contributed by atoms with Gasteiger partial charge in [-0.05, 0) is 13.8 Å². The van der Waals surface area contributed by atoms with Gasteiger partial charge in [-0.2, -0.15) is 5.10 Å². The van der Waals surface area contributed by atoms with Gasteiger partial charge in [0.2, 0.25) is 0 Å². The molecule has 2 heterocycles. The number of hydrogen-bond donors (Lipinski definition) is 0. The van der Waals surface area contributed by atoms with Gasteiger partial charge < -0.3 is 0 Å². The summed E-state index contributed by atoms with van der Waals surface area (Å²) >= 11 is 5.98. The minimum atomic E-state index is 0.480. The van der Waals surface area contributed by atoms with Crippen LogP contribution in [-0.2, 0) is 7.05 Å². The first-order valence-corrected chi connectivity index (χ1v) is 4.31. The van der Waals surface area contributed by atoms with E-state index < -0.39 is 0 Å². The van der Waals surface area contributed by atoms with Crippen LogP contribution in [0.25, 0.3) is 11.0 Å². The van der Waals surface area contributed by atoms with Gasteiger partial charge in [-0.25, -0.2) is 9.97 Å². The molecule has 0 amide bonds. The normalized spacial score (nSPS) is 11.1. The molecule has 68 valence electrons. The van der Waals surface area contributed by atoms with E-state index in [1.54, 1.807) is 4.68 Å². The smallest absolute Gasteiger partial charge is 0.163 e. The van der Waals surface area contributed by atoms with Crippen molar-refractivity contribution in [1.29, 1.82) is 0 Å². The van der Waals surface area contributed by atoms with Crippen molar-refractivity contribution in [3.63, 3.8) is 0 Å². The van der Waals surface area contributed by atoms with Gasteiger partial charge in [-0.3, -0.25) is 4.68 Å². The lowest BCUT2D eigenvalue weighted by atomic mass is 10.3. The minimum absolute atomic E-state index is 0.480. The van der Waals surface area contributed by atoms with Gasteiger partial charge in [0.25, 0.3) is 0 Å². The number of hydrogen-bond acceptors (Lipinski definition) is 3. The van der Waals surface area contributed by atoms with E-state index in [1.807, 2.05) is 20.9 Å². The molecular weight excluding hydrogens is 188 g/mol. The molecule has 5 heteroatoms. The highest BCUT2D eigenvalue weighted by Crippen LogP contribution is 2.22. The van der Waals surface area contributed by atoms with E-state index in [2.05, 4.69) is 15.1 Å². The summed E-state index contributed by atoms with van der Waals surface area (Å²) in [4.78, 5) is 8.34. The quantitative estimate of drug-likeness (QED) is 0.602. The Labute approximate surface area is 80.6 Å². The molecule has 0 atom stereocenters. The highest BCUT2D eigenvalue weighted by Gasteiger charge is 2.11. The van der Waals surface area contributed by atoms with E-state index in [4.69, 9.17) is 11.6 Å². The van der Waals surface area contributed by atoms with Crippen molar-refractivity contribution in [3.05, 3.63) is 16.7 Å². The third-order valence-electron chi connectivity index (χ3n) is 1.93. The Hall–Kier alpha value is -1.16. The van der Waals surface area contributed by atoms with Gasteiger partial charge in [0.05, 0.1) is 11.1 Å². The second-order valence-corrected chi connectivity index (χ2v) is 3.33. The van der Waals surface area contributed by atoms with Gasteiger partial charge >= 0.3 is 0 Å². The Morgan fingerprint density at radius 1 is 1.23 bits per heavy atom. The van der Waals surface area contributed by atoms with Crippen LogP contribution in [0.3, 0.4) is 0 Å². The van der Waals surface area contributed by atoms with Crippen LogP contribution in [0, 0.1) is 13.8 Å². The fraction of sp³-hybridized carbons (Fsp3) is 0.375. The molecule has 0 bridgehead atoms. The molecule has 2 rings (SSSR count). The molecule has 13 heavy (non-hydrogen) atoms. The molecule has 0 aromatic carbocycles. The first-order chi connectivity index (χ1) is 6.09. The predicted molar refractivity (Wildman–Crippen MR) is 50.8 cm³/mol. The van der Waals surface area contributed by atoms with Gasteiger partial charge in [0.1, 0.15) is 11.0 Å². The first-order valence-electron chi connectivity index (χ1n) is 3.93. The maximum atomic E-state index is 5.98. The molecule has 2 aromatic heterocycles. The number of halogens is 1. The Morgan fingerprint density at radius 2 is 1.92 bits per heavy atom. The summed E-state index contributed by atoms with van der Waals surface area (Å²) in [6, 6.07) is 0. The zero-order valence-corrected chi connectivity index (χ0v) is 8.42. The van der Waals surface area contributed by atoms with E-state index in [0.717, 1.165) is 16.7 Å². The van der Waals surface area contributed by atoms with Crippen molar-refractivity contribution in [2.45, 2.75) is 13.8 Å². The lowest BCUT2D eigenvalue weighted by molar-refractivity contribution is 0.771. The van der Waals surface area contributed by atoms with Crippen molar-refractivity contribution in [1.82, 2.24) is 19.7 Å². The molecule has 0 N–H and O–H groups in total. The summed E-state index contributed by atoms with van der Waals surface area (Å²) in [5, 5.41) is 5.54. The number of aryl methyl sites for hydroxylation is 3. The third kappa shape index (κ3) is 1.18. The summed E-state index contributed by atoms with van der Waals surface area (Å²) in [5.41, 5.74) is 1.65. The maximum Gasteiger partial charge on any atom is 0.163 e. The average molecular weight is 197 g/mol. The molecule has 0 unspecified atom stereocenters. The predicted octanol–water partition coefficient (Wildman–Crippen LogP) is 1.63. The van der Waals surface area contributed by atoms with E-state index in [0.29, 0.717) is 11.0 Å². The Kier molecular flexibility index (Phi) is 1.73. The molecule has 0 spiro atoms. The van der Waals surface area contributed by atoms with Crippen LogP contribution in [0.5, 0.6) is 0 Å². The van der Waals surface area contributed by atoms with Gasteiger partial charge in [0, 0.05) is 7.05 Å². The summed E-state index contributed by atoms with van der Waals surface area (Å²) in [6.45, 7) is 3.71. The van der Waals surface area contributed by atoms with Crippen LogP contribution in [-0.4, -0.2) is 19.7 Å². The molecule has 0 saturated heterocycles. The molecule has 0 fully saturated rings. The molecule has 0 aliphatic carbocycles. The molecule has 0 aliphatic rings. The van der Waals surface area contributed by atoms with Crippen LogP contribution < -0.4 is 0 Å². The number of rotatable bonds is 0. The molecule has 0 saturated carbocycles. The third-order valence-corrected chi connectivity index (χ3v) is 2.20. The van der Waals surface area contributed by atoms with Crippen LogP contribution in [0.1, 0.15) is 11.5 Å². The minimum Gasteiger partial charge on any atom is -0.250 e. The second kappa shape index (κ2) is 2.67. The Morgan fingerprint density at radius 3 is 2.62 bits per heavy atom. The molecular formula is C8H9ClN4. The van der Waals surface area contributed by atoms with Gasteiger partial charge in [-0.1, -0.05) is 11.6 Å². The second-order valence-electron chi connectivity index (χ2n) is 2.97. The Balaban J connectivity index is 2.97. The summed E-state index contributed by atoms with van der Waals surface area (Å²) in [5.74, 6) is 0.667. The fourth-order valence-corrected chi connectivity index (χ4v) is 1.74. The van der Waals surface area contributed by atoms with Crippen LogP contribution in [0.2, 0.25) is 5.15 Å². The van der Waals surface area contributed by atoms with E-state index in [9.17, 15) is 0 Å². The van der Waals surface area contributed by atoms with E-state index >= 15 is 0 Å². The molecule has 0 aliphatic heterocycles. The SMILES string of the molecule is Cc1nc(Cl)c2c(C)nn(C)c2n1. The summed E-state index contributed by atoms with van der Waals surface area (Å²) in [6.07, 6.45) is 0. The van der Waals surface area contributed by atoms with Crippen LogP contribution >= 0.6 is 11.6 Å². The average Bonchev–Trinajstić information content (AvgIpc) is 2.27. The van der Waals surface area contributed by atoms with Crippen molar-refractivity contribution in [3.8, 4) is 0 Å². The molecule has 2 aromatic rings. The Bertz CT molecular complexity index is 474. The molecule has 0 radical (unpaired) electrons. The lowest BCUT2D eigenvalue weighted by Gasteiger charge is -1.96. The topological polar surface area (TPSA) is 43.6 Å². The van der Waals surface area contributed by atoms with E-state index in [-0.39, 0.29) is 0 Å². The zero-order chi connectivity index (χ0) is 9.59. The number of aromatic nitrogens is 4.